The Bertz CT molecular complexity index is 1060. The Kier molecular flexibility index (Phi) is 5.90. The van der Waals surface area contributed by atoms with Crippen LogP contribution in [0.2, 0.25) is 10.0 Å². The van der Waals surface area contributed by atoms with E-state index in [1.54, 1.807) is 12.1 Å². The van der Waals surface area contributed by atoms with Crippen molar-refractivity contribution in [2.45, 2.75) is 32.6 Å². The van der Waals surface area contributed by atoms with Crippen LogP contribution in [0.5, 0.6) is 0 Å². The van der Waals surface area contributed by atoms with Crippen LogP contribution in [0.15, 0.2) is 42.2 Å². The SMILES string of the molecule is CCc1ccc(-c2ccc(Cl)cc2Cl)cc1C1=C(OC(=O)OC)[C@@H]2CC[C@@H](C2)C1=O. The quantitative estimate of drug-likeness (QED) is 0.491. The Labute approximate surface area is 185 Å². The molecule has 0 aliphatic heterocycles. The van der Waals surface area contributed by atoms with Gasteiger partial charge >= 0.3 is 6.16 Å². The van der Waals surface area contributed by atoms with Gasteiger partial charge in [0, 0.05) is 27.4 Å². The zero-order valence-electron chi connectivity index (χ0n) is 16.8. The van der Waals surface area contributed by atoms with Crippen LogP contribution >= 0.6 is 23.2 Å². The summed E-state index contributed by atoms with van der Waals surface area (Å²) >= 11 is 12.5. The van der Waals surface area contributed by atoms with Gasteiger partial charge in [-0.2, -0.15) is 0 Å². The van der Waals surface area contributed by atoms with Crippen molar-refractivity contribution in [3.8, 4) is 11.1 Å². The van der Waals surface area contributed by atoms with Crippen LogP contribution in [-0.4, -0.2) is 19.0 Å². The van der Waals surface area contributed by atoms with E-state index in [4.69, 9.17) is 32.7 Å². The molecule has 4 nitrogen and oxygen atoms in total. The zero-order chi connectivity index (χ0) is 21.4. The van der Waals surface area contributed by atoms with Gasteiger partial charge in [0.25, 0.3) is 0 Å². The first-order chi connectivity index (χ1) is 14.4. The second-order valence-corrected chi connectivity index (χ2v) is 8.56. The van der Waals surface area contributed by atoms with Crippen LogP contribution in [0.3, 0.4) is 0 Å². The van der Waals surface area contributed by atoms with E-state index in [1.165, 1.54) is 7.11 Å². The number of hydrogen-bond donors (Lipinski definition) is 0. The zero-order valence-corrected chi connectivity index (χ0v) is 18.3. The largest absolute Gasteiger partial charge is 0.513 e. The van der Waals surface area contributed by atoms with E-state index >= 15 is 0 Å². The lowest BCUT2D eigenvalue weighted by Crippen LogP contribution is -2.24. The van der Waals surface area contributed by atoms with E-state index < -0.39 is 6.16 Å². The second kappa shape index (κ2) is 8.44. The highest BCUT2D eigenvalue weighted by molar-refractivity contribution is 6.36. The molecule has 156 valence electrons. The average Bonchev–Trinajstić information content (AvgIpc) is 3.18. The summed E-state index contributed by atoms with van der Waals surface area (Å²) in [6.45, 7) is 2.04. The maximum atomic E-state index is 13.4. The Balaban J connectivity index is 1.90. The van der Waals surface area contributed by atoms with Gasteiger partial charge in [-0.05, 0) is 60.6 Å². The third kappa shape index (κ3) is 3.75. The van der Waals surface area contributed by atoms with Crippen molar-refractivity contribution < 1.29 is 19.1 Å². The summed E-state index contributed by atoms with van der Waals surface area (Å²) in [6.07, 6.45) is 2.30. The van der Waals surface area contributed by atoms with Gasteiger partial charge < -0.3 is 9.47 Å². The molecule has 2 aromatic rings. The lowest BCUT2D eigenvalue weighted by molar-refractivity contribution is -0.117. The number of fused-ring (bicyclic) bond motifs is 2. The standard InChI is InChI=1S/C24H22Cl2O4/c1-3-13-4-5-14(18-9-8-17(25)12-20(18)26)11-19(13)21-22(27)15-6-7-16(10-15)23(21)30-24(28)29-2/h4-5,8-9,11-12,15-16H,3,6-7,10H2,1-2H3/t15-,16+/m0/s1. The minimum atomic E-state index is -0.796. The van der Waals surface area contributed by atoms with E-state index in [9.17, 15) is 9.59 Å². The number of rotatable bonds is 4. The van der Waals surface area contributed by atoms with Crippen LogP contribution < -0.4 is 0 Å². The number of benzene rings is 2. The van der Waals surface area contributed by atoms with Gasteiger partial charge in [0.2, 0.25) is 0 Å². The highest BCUT2D eigenvalue weighted by atomic mass is 35.5. The highest BCUT2D eigenvalue weighted by Crippen LogP contribution is 2.48. The predicted octanol–water partition coefficient (Wildman–Crippen LogP) is 6.72. The van der Waals surface area contributed by atoms with Crippen LogP contribution in [0.1, 0.15) is 37.3 Å². The molecule has 2 bridgehead atoms. The number of hydrogen-bond acceptors (Lipinski definition) is 4. The number of methoxy groups -OCH3 is 1. The lowest BCUT2D eigenvalue weighted by Gasteiger charge is -2.26. The van der Waals surface area contributed by atoms with Crippen LogP contribution in [0.4, 0.5) is 4.79 Å². The first-order valence-electron chi connectivity index (χ1n) is 10.1. The van der Waals surface area contributed by atoms with E-state index in [0.29, 0.717) is 21.4 Å². The van der Waals surface area contributed by atoms with E-state index in [0.717, 1.165) is 47.9 Å². The molecule has 0 N–H and O–H groups in total. The number of ketones is 1. The van der Waals surface area contributed by atoms with Crippen molar-refractivity contribution in [1.82, 2.24) is 0 Å². The molecule has 30 heavy (non-hydrogen) atoms. The number of Topliss-reactive ketones (excluding diaryl/α,β-unsaturated/α-hetero) is 1. The summed E-state index contributed by atoms with van der Waals surface area (Å²) in [5.41, 5.74) is 4.01. The number of allylic oxidation sites excluding steroid dienone is 2. The van der Waals surface area contributed by atoms with E-state index in [-0.39, 0.29) is 17.6 Å². The van der Waals surface area contributed by atoms with Crippen LogP contribution in [0, 0.1) is 11.8 Å². The van der Waals surface area contributed by atoms with Crippen LogP contribution in [-0.2, 0) is 20.7 Å². The molecule has 0 amide bonds. The summed E-state index contributed by atoms with van der Waals surface area (Å²) in [7, 11) is 1.27. The third-order valence-corrected chi connectivity index (χ3v) is 6.58. The molecular weight excluding hydrogens is 423 g/mol. The normalized spacial score (nSPS) is 20.5. The third-order valence-electron chi connectivity index (χ3n) is 6.03. The minimum Gasteiger partial charge on any atom is -0.437 e. The molecule has 2 aliphatic rings. The van der Waals surface area contributed by atoms with Crippen molar-refractivity contribution in [2.24, 2.45) is 11.8 Å². The number of ether oxygens (including phenoxy) is 2. The van der Waals surface area contributed by atoms with Crippen molar-refractivity contribution in [1.29, 1.82) is 0 Å². The average molecular weight is 445 g/mol. The number of halogens is 2. The fourth-order valence-electron chi connectivity index (χ4n) is 4.53. The molecule has 6 heteroatoms. The molecule has 0 aromatic heterocycles. The summed E-state index contributed by atoms with van der Waals surface area (Å²) in [5, 5.41) is 1.09. The Morgan fingerprint density at radius 3 is 2.53 bits per heavy atom. The van der Waals surface area contributed by atoms with Crippen molar-refractivity contribution >= 4 is 40.7 Å². The van der Waals surface area contributed by atoms with Gasteiger partial charge in [0.15, 0.2) is 5.78 Å². The molecule has 2 atom stereocenters. The molecule has 0 saturated heterocycles. The molecule has 4 rings (SSSR count). The van der Waals surface area contributed by atoms with Crippen molar-refractivity contribution in [2.75, 3.05) is 7.11 Å². The highest BCUT2D eigenvalue weighted by Gasteiger charge is 2.43. The predicted molar refractivity (Wildman–Crippen MR) is 118 cm³/mol. The monoisotopic (exact) mass is 444 g/mol. The molecule has 2 aliphatic carbocycles. The Morgan fingerprint density at radius 1 is 1.07 bits per heavy atom. The fourth-order valence-corrected chi connectivity index (χ4v) is 5.04. The molecule has 0 unspecified atom stereocenters. The summed E-state index contributed by atoms with van der Waals surface area (Å²) in [4.78, 5) is 25.3. The maximum Gasteiger partial charge on any atom is 0.513 e. The Morgan fingerprint density at radius 2 is 1.83 bits per heavy atom. The topological polar surface area (TPSA) is 52.6 Å². The van der Waals surface area contributed by atoms with Crippen molar-refractivity contribution in [3.63, 3.8) is 0 Å². The van der Waals surface area contributed by atoms with Gasteiger partial charge in [-0.25, -0.2) is 4.79 Å². The lowest BCUT2D eigenvalue weighted by atomic mass is 9.81. The smallest absolute Gasteiger partial charge is 0.437 e. The second-order valence-electron chi connectivity index (χ2n) is 7.72. The summed E-state index contributed by atoms with van der Waals surface area (Å²) in [6, 6.07) is 11.3. The number of carbonyl (C=O) groups excluding carboxylic acids is 2. The molecular formula is C24H22Cl2O4. The molecule has 1 saturated carbocycles. The first kappa shape index (κ1) is 21.0. The van der Waals surface area contributed by atoms with E-state index in [2.05, 4.69) is 0 Å². The van der Waals surface area contributed by atoms with Gasteiger partial charge in [0.1, 0.15) is 5.76 Å². The van der Waals surface area contributed by atoms with Crippen molar-refractivity contribution in [3.05, 3.63) is 63.3 Å². The minimum absolute atomic E-state index is 0.0255. The molecule has 2 aromatic carbocycles. The van der Waals surface area contributed by atoms with Crippen LogP contribution in [0.25, 0.3) is 16.7 Å². The number of aryl methyl sites for hydroxylation is 1. The first-order valence-corrected chi connectivity index (χ1v) is 10.8. The summed E-state index contributed by atoms with van der Waals surface area (Å²) in [5.74, 6) is 0.503. The van der Waals surface area contributed by atoms with E-state index in [1.807, 2.05) is 31.2 Å². The number of carbonyl (C=O) groups is 2. The molecule has 1 fully saturated rings. The van der Waals surface area contributed by atoms with Gasteiger partial charge in [-0.1, -0.05) is 48.3 Å². The Hall–Kier alpha value is -2.30. The molecule has 0 spiro atoms. The van der Waals surface area contributed by atoms with Gasteiger partial charge in [-0.15, -0.1) is 0 Å². The molecule has 0 heterocycles. The van der Waals surface area contributed by atoms with Gasteiger partial charge in [0.05, 0.1) is 12.7 Å². The van der Waals surface area contributed by atoms with Gasteiger partial charge in [-0.3, -0.25) is 4.79 Å². The maximum absolute atomic E-state index is 13.4. The molecule has 0 radical (unpaired) electrons. The summed E-state index contributed by atoms with van der Waals surface area (Å²) < 4.78 is 10.3. The fraction of sp³-hybridized carbons (Fsp3) is 0.333.